The van der Waals surface area contributed by atoms with Gasteiger partial charge in [-0.2, -0.15) is 18.3 Å². The van der Waals surface area contributed by atoms with Gasteiger partial charge in [-0.15, -0.1) is 0 Å². The van der Waals surface area contributed by atoms with E-state index in [1.54, 1.807) is 28.0 Å². The van der Waals surface area contributed by atoms with Crippen molar-refractivity contribution >= 4 is 47.2 Å². The maximum absolute atomic E-state index is 13.9. The number of rotatable bonds is 8. The molecule has 5 heterocycles. The second-order valence-corrected chi connectivity index (χ2v) is 11.5. The number of carbonyl (C=O) groups excluding carboxylic acids is 2. The van der Waals surface area contributed by atoms with E-state index >= 15 is 0 Å². The van der Waals surface area contributed by atoms with Crippen LogP contribution in [0.25, 0.3) is 16.9 Å². The van der Waals surface area contributed by atoms with Gasteiger partial charge in [0, 0.05) is 70.2 Å². The van der Waals surface area contributed by atoms with Crippen LogP contribution in [0.15, 0.2) is 43.0 Å². The number of aromatic nitrogens is 5. The van der Waals surface area contributed by atoms with Gasteiger partial charge >= 0.3 is 12.2 Å². The van der Waals surface area contributed by atoms with Gasteiger partial charge in [-0.1, -0.05) is 11.6 Å². The number of nitrogens with one attached hydrogen (secondary N) is 3. The van der Waals surface area contributed by atoms with Gasteiger partial charge in [-0.25, -0.2) is 14.8 Å². The van der Waals surface area contributed by atoms with Crippen molar-refractivity contribution in [1.29, 1.82) is 0 Å². The number of piperazine rings is 1. The summed E-state index contributed by atoms with van der Waals surface area (Å²) in [6, 6.07) is 4.83. The van der Waals surface area contributed by atoms with Gasteiger partial charge in [0.2, 0.25) is 0 Å². The van der Waals surface area contributed by atoms with Crippen molar-refractivity contribution in [2.45, 2.75) is 25.2 Å². The highest BCUT2D eigenvalue weighted by Crippen LogP contribution is 2.37. The first kappa shape index (κ1) is 35.4. The minimum Gasteiger partial charge on any atom is -0.483 e. The fourth-order valence-electron chi connectivity index (χ4n) is 5.55. The molecule has 1 atom stereocenters. The van der Waals surface area contributed by atoms with Crippen LogP contribution in [0.5, 0.6) is 0 Å². The SMILES string of the molecule is COCCn1cc(-c2cnc3c(Nc4ccc(C(=O)N5CCN(C(=O)N[C@H]6CCNC6)CC5)c(Cl)c4)nccn23)c(C(F)(F)F)n1.O=CO. The summed E-state index contributed by atoms with van der Waals surface area (Å²) in [5.41, 5.74) is 0.0996. The highest BCUT2D eigenvalue weighted by atomic mass is 35.5. The minimum absolute atomic E-state index is 0.120. The lowest BCUT2D eigenvalue weighted by Gasteiger charge is -2.35. The summed E-state index contributed by atoms with van der Waals surface area (Å²) in [5, 5.41) is 20.2. The second-order valence-electron chi connectivity index (χ2n) is 11.1. The van der Waals surface area contributed by atoms with Crippen LogP contribution in [0.4, 0.5) is 29.5 Å². The van der Waals surface area contributed by atoms with Crippen molar-refractivity contribution in [1.82, 2.24) is 44.6 Å². The molecule has 19 heteroatoms. The normalized spacial score (nSPS) is 16.3. The first-order chi connectivity index (χ1) is 23.5. The maximum atomic E-state index is 13.9. The summed E-state index contributed by atoms with van der Waals surface area (Å²) in [7, 11) is 1.46. The van der Waals surface area contributed by atoms with E-state index in [0.29, 0.717) is 37.4 Å². The molecule has 15 nitrogen and oxygen atoms in total. The Bertz CT molecular complexity index is 1790. The monoisotopic (exact) mass is 706 g/mol. The Morgan fingerprint density at radius 1 is 1.18 bits per heavy atom. The molecule has 2 aliphatic heterocycles. The van der Waals surface area contributed by atoms with Crippen molar-refractivity contribution in [3.05, 3.63) is 59.3 Å². The molecule has 49 heavy (non-hydrogen) atoms. The van der Waals surface area contributed by atoms with Crippen LogP contribution in [0, 0.1) is 0 Å². The number of methoxy groups -OCH3 is 1. The van der Waals surface area contributed by atoms with Crippen LogP contribution in [0.1, 0.15) is 22.5 Å². The van der Waals surface area contributed by atoms with Crippen LogP contribution in [0.3, 0.4) is 0 Å². The predicted molar refractivity (Wildman–Crippen MR) is 172 cm³/mol. The van der Waals surface area contributed by atoms with Crippen molar-refractivity contribution < 1.29 is 37.4 Å². The molecular formula is C30H34ClF3N10O5. The number of hydrogen-bond acceptors (Lipinski definition) is 9. The number of carbonyl (C=O) groups is 3. The molecule has 0 saturated carbocycles. The molecule has 262 valence electrons. The first-order valence-electron chi connectivity index (χ1n) is 15.2. The summed E-state index contributed by atoms with van der Waals surface area (Å²) < 4.78 is 49.3. The number of urea groups is 1. The highest BCUT2D eigenvalue weighted by molar-refractivity contribution is 6.34. The van der Waals surface area contributed by atoms with Crippen molar-refractivity contribution in [3.63, 3.8) is 0 Å². The number of anilines is 2. The van der Waals surface area contributed by atoms with E-state index in [4.69, 9.17) is 26.2 Å². The van der Waals surface area contributed by atoms with E-state index in [-0.39, 0.29) is 65.3 Å². The number of hydrogen-bond donors (Lipinski definition) is 4. The molecule has 6 rings (SSSR count). The summed E-state index contributed by atoms with van der Waals surface area (Å²) in [6.07, 6.45) is 1.81. The van der Waals surface area contributed by atoms with E-state index in [0.717, 1.165) is 19.5 Å². The quantitative estimate of drug-likeness (QED) is 0.200. The van der Waals surface area contributed by atoms with Gasteiger partial charge in [0.05, 0.1) is 41.2 Å². The molecular weight excluding hydrogens is 673 g/mol. The highest BCUT2D eigenvalue weighted by Gasteiger charge is 2.38. The van der Waals surface area contributed by atoms with E-state index in [9.17, 15) is 22.8 Å². The Morgan fingerprint density at radius 2 is 1.92 bits per heavy atom. The van der Waals surface area contributed by atoms with E-state index in [2.05, 4.69) is 31.0 Å². The molecule has 3 amide bonds. The Balaban J connectivity index is 0.00000151. The van der Waals surface area contributed by atoms with Crippen LogP contribution < -0.4 is 16.0 Å². The third-order valence-corrected chi connectivity index (χ3v) is 8.28. The zero-order valence-electron chi connectivity index (χ0n) is 26.3. The molecule has 0 aliphatic carbocycles. The average molecular weight is 707 g/mol. The molecule has 2 aliphatic rings. The van der Waals surface area contributed by atoms with Crippen molar-refractivity contribution in [3.8, 4) is 11.3 Å². The van der Waals surface area contributed by atoms with E-state index in [1.807, 2.05) is 0 Å². The zero-order valence-corrected chi connectivity index (χ0v) is 27.0. The van der Waals surface area contributed by atoms with E-state index < -0.39 is 11.9 Å². The summed E-state index contributed by atoms with van der Waals surface area (Å²) >= 11 is 6.55. The summed E-state index contributed by atoms with van der Waals surface area (Å²) in [4.78, 5) is 46.3. The molecule has 0 unspecified atom stereocenters. The Labute approximate surface area is 283 Å². The topological polar surface area (TPSA) is 171 Å². The van der Waals surface area contributed by atoms with Crippen molar-refractivity contribution in [2.24, 2.45) is 0 Å². The van der Waals surface area contributed by atoms with Crippen LogP contribution in [0.2, 0.25) is 5.02 Å². The zero-order chi connectivity index (χ0) is 35.1. The number of carboxylic acid groups (broad SMARTS) is 1. The predicted octanol–water partition coefficient (Wildman–Crippen LogP) is 3.19. The number of alkyl halides is 3. The smallest absolute Gasteiger partial charge is 0.435 e. The van der Waals surface area contributed by atoms with Crippen LogP contribution >= 0.6 is 11.6 Å². The summed E-state index contributed by atoms with van der Waals surface area (Å²) in [5.74, 6) is 0.0215. The number of halogens is 4. The molecule has 0 radical (unpaired) electrons. The third-order valence-electron chi connectivity index (χ3n) is 7.96. The number of ether oxygens (including phenoxy) is 1. The lowest BCUT2D eigenvalue weighted by Crippen LogP contribution is -2.54. The molecule has 1 aromatic carbocycles. The average Bonchev–Trinajstić information content (AvgIpc) is 3.84. The first-order valence-corrected chi connectivity index (χ1v) is 15.6. The Kier molecular flexibility index (Phi) is 11.2. The van der Waals surface area contributed by atoms with Gasteiger partial charge < -0.3 is 35.6 Å². The fourth-order valence-corrected chi connectivity index (χ4v) is 5.82. The van der Waals surface area contributed by atoms with Gasteiger partial charge in [0.25, 0.3) is 12.4 Å². The van der Waals surface area contributed by atoms with Gasteiger partial charge in [0.1, 0.15) is 0 Å². The molecule has 0 bridgehead atoms. The lowest BCUT2D eigenvalue weighted by molar-refractivity contribution is -0.141. The maximum Gasteiger partial charge on any atom is 0.435 e. The van der Waals surface area contributed by atoms with Gasteiger partial charge in [-0.05, 0) is 31.2 Å². The molecule has 2 saturated heterocycles. The molecule has 4 aromatic rings. The number of fused-ring (bicyclic) bond motifs is 1. The summed E-state index contributed by atoms with van der Waals surface area (Å²) in [6.45, 7) is 3.31. The second kappa shape index (κ2) is 15.5. The lowest BCUT2D eigenvalue weighted by atomic mass is 10.1. The van der Waals surface area contributed by atoms with Crippen LogP contribution in [-0.2, 0) is 22.3 Å². The van der Waals surface area contributed by atoms with Gasteiger partial charge in [-0.3, -0.25) is 18.7 Å². The molecule has 2 fully saturated rings. The Morgan fingerprint density at radius 3 is 2.57 bits per heavy atom. The Hall–Kier alpha value is -4.94. The van der Waals surface area contributed by atoms with Crippen LogP contribution in [-0.4, -0.2) is 116 Å². The van der Waals surface area contributed by atoms with E-state index in [1.165, 1.54) is 41.0 Å². The minimum atomic E-state index is -4.68. The van der Waals surface area contributed by atoms with Crippen molar-refractivity contribution in [2.75, 3.05) is 58.3 Å². The standard InChI is InChI=1S/C29H32ClF3N10O3.CH2O2/c1-46-13-12-42-17-21(24(39-42)29(31,32)33)23-16-36-26-25(35-6-7-43(23)26)37-18-2-3-20(22(30)14-18)27(44)40-8-10-41(11-9-40)28(45)38-19-4-5-34-15-19;2-1-3/h2-3,6-7,14,16-17,19,34H,4-5,8-13,15H2,1H3,(H,35,37)(H,38,45);1H,(H,2,3)/t19-;/m0./s1. The molecule has 0 spiro atoms. The number of nitrogens with zero attached hydrogens (tertiary/aromatic N) is 7. The molecule has 3 aromatic heterocycles. The number of benzene rings is 1. The largest absolute Gasteiger partial charge is 0.483 e. The molecule has 4 N–H and O–H groups in total. The van der Waals surface area contributed by atoms with Gasteiger partial charge in [0.15, 0.2) is 17.2 Å². The third kappa shape index (κ3) is 8.21. The number of amides is 3. The number of imidazole rings is 1. The fraction of sp³-hybridized carbons (Fsp3) is 0.400.